The molecule has 0 amide bonds. The first-order valence-electron chi connectivity index (χ1n) is 7.98. The second-order valence-electron chi connectivity index (χ2n) is 6.71. The van der Waals surface area contributed by atoms with E-state index >= 15 is 0 Å². The Morgan fingerprint density at radius 2 is 1.83 bits per heavy atom. The third-order valence-electron chi connectivity index (χ3n) is 3.33. The molecule has 0 saturated heterocycles. The van der Waals surface area contributed by atoms with E-state index in [1.54, 1.807) is 6.92 Å². The zero-order valence-electron chi connectivity index (χ0n) is 14.5. The maximum Gasteiger partial charge on any atom is 0.276 e. The van der Waals surface area contributed by atoms with Crippen LogP contribution in [0.5, 0.6) is 0 Å². The number of rotatable bonds is 7. The number of halogens is 3. The van der Waals surface area contributed by atoms with Crippen LogP contribution >= 0.6 is 11.9 Å². The Hall–Kier alpha value is -0.970. The van der Waals surface area contributed by atoms with E-state index in [0.29, 0.717) is 12.1 Å². The van der Waals surface area contributed by atoms with E-state index in [4.69, 9.17) is 0 Å². The molecule has 1 nitrogen and oxygen atoms in total. The van der Waals surface area contributed by atoms with E-state index in [1.807, 2.05) is 27.7 Å². The van der Waals surface area contributed by atoms with E-state index in [1.165, 1.54) is 30.1 Å². The highest BCUT2D eigenvalue weighted by Gasteiger charge is 2.34. The van der Waals surface area contributed by atoms with Gasteiger partial charge in [0, 0.05) is 16.7 Å². The number of hydrogen-bond acceptors (Lipinski definition) is 2. The minimum atomic E-state index is -3.15. The summed E-state index contributed by atoms with van der Waals surface area (Å²) in [6, 6.07) is 4.15. The lowest BCUT2D eigenvalue weighted by Crippen LogP contribution is -2.17. The van der Waals surface area contributed by atoms with Crippen LogP contribution in [0, 0.1) is 5.82 Å². The molecule has 0 bridgehead atoms. The average molecular weight is 345 g/mol. The van der Waals surface area contributed by atoms with Gasteiger partial charge in [0.05, 0.1) is 11.3 Å². The van der Waals surface area contributed by atoms with Gasteiger partial charge in [-0.3, -0.25) is 0 Å². The van der Waals surface area contributed by atoms with Crippen molar-refractivity contribution in [3.05, 3.63) is 35.1 Å². The highest BCUT2D eigenvalue weighted by atomic mass is 32.2. The molecule has 1 rings (SSSR count). The van der Waals surface area contributed by atoms with Crippen LogP contribution in [0.1, 0.15) is 71.4 Å². The quantitative estimate of drug-likeness (QED) is 0.302. The summed E-state index contributed by atoms with van der Waals surface area (Å²) < 4.78 is 47.3. The normalized spacial score (nSPS) is 13.5. The van der Waals surface area contributed by atoms with Gasteiger partial charge in [-0.2, -0.15) is 0 Å². The molecule has 23 heavy (non-hydrogen) atoms. The summed E-state index contributed by atoms with van der Waals surface area (Å²) in [5.41, 5.74) is 0.0458. The monoisotopic (exact) mass is 345 g/mol. The largest absolute Gasteiger partial charge is 0.276 e. The number of benzene rings is 1. The van der Waals surface area contributed by atoms with Crippen LogP contribution in [-0.4, -0.2) is 10.5 Å². The van der Waals surface area contributed by atoms with Gasteiger partial charge in [-0.15, -0.1) is 0 Å². The second-order valence-corrected chi connectivity index (χ2v) is 8.30. The lowest BCUT2D eigenvalue weighted by atomic mass is 9.98. The number of nitrogens with zero attached hydrogens (tertiary/aromatic N) is 1. The molecule has 1 aromatic carbocycles. The predicted octanol–water partition coefficient (Wildman–Crippen LogP) is 6.75. The summed E-state index contributed by atoms with van der Waals surface area (Å²) in [5.74, 6) is -4.00. The Labute approximate surface area is 141 Å². The van der Waals surface area contributed by atoms with Gasteiger partial charge >= 0.3 is 0 Å². The van der Waals surface area contributed by atoms with Crippen molar-refractivity contribution >= 4 is 17.7 Å². The van der Waals surface area contributed by atoms with Crippen molar-refractivity contribution in [3.63, 3.8) is 0 Å². The highest BCUT2D eigenvalue weighted by Crippen LogP contribution is 2.36. The first kappa shape index (κ1) is 20.1. The van der Waals surface area contributed by atoms with Crippen LogP contribution in [0.3, 0.4) is 0 Å². The number of unbranched alkanes of at least 4 members (excludes halogenated alkanes) is 2. The molecule has 0 heterocycles. The summed E-state index contributed by atoms with van der Waals surface area (Å²) in [7, 11) is 0. The van der Waals surface area contributed by atoms with Crippen molar-refractivity contribution in [2.45, 2.75) is 71.0 Å². The molecule has 0 spiro atoms. The zero-order chi connectivity index (χ0) is 17.7. The van der Waals surface area contributed by atoms with E-state index < -0.39 is 17.3 Å². The molecule has 0 aliphatic heterocycles. The van der Waals surface area contributed by atoms with E-state index in [-0.39, 0.29) is 16.7 Å². The fraction of sp³-hybridized carbons (Fsp3) is 0.611. The average Bonchev–Trinajstić information content (AvgIpc) is 2.44. The van der Waals surface area contributed by atoms with E-state index in [2.05, 4.69) is 4.40 Å². The summed E-state index contributed by atoms with van der Waals surface area (Å²) in [6.07, 6.45) is 1.64. The number of hydrogen-bond donors (Lipinski definition) is 0. The van der Waals surface area contributed by atoms with Crippen molar-refractivity contribution in [1.29, 1.82) is 0 Å². The smallest absolute Gasteiger partial charge is 0.220 e. The Bertz CT molecular complexity index is 548. The number of alkyl halides is 2. The summed E-state index contributed by atoms with van der Waals surface area (Å²) in [6.45, 7) is 9.57. The molecule has 130 valence electrons. The molecule has 0 saturated carbocycles. The van der Waals surface area contributed by atoms with Gasteiger partial charge in [-0.05, 0) is 46.1 Å². The van der Waals surface area contributed by atoms with Crippen molar-refractivity contribution in [2.75, 3.05) is 0 Å². The van der Waals surface area contributed by atoms with Gasteiger partial charge in [-0.25, -0.2) is 17.6 Å². The van der Waals surface area contributed by atoms with Gasteiger partial charge in [0.15, 0.2) is 0 Å². The molecular formula is C18H26F3NS. The first-order chi connectivity index (χ1) is 10.6. The van der Waals surface area contributed by atoms with Crippen LogP contribution < -0.4 is 0 Å². The van der Waals surface area contributed by atoms with Crippen molar-refractivity contribution < 1.29 is 13.2 Å². The molecule has 0 unspecified atom stereocenters. The third-order valence-corrected chi connectivity index (χ3v) is 4.25. The van der Waals surface area contributed by atoms with Crippen LogP contribution in [0.4, 0.5) is 13.2 Å². The fourth-order valence-electron chi connectivity index (χ4n) is 2.08. The van der Waals surface area contributed by atoms with Crippen molar-refractivity contribution in [1.82, 2.24) is 0 Å². The SMILES string of the molecule is CCCCCC(F)(F)c1cccc(C(C)=NSC(C)(C)C)c1F. The minimum absolute atomic E-state index is 0.112. The molecule has 0 aromatic heterocycles. The molecule has 0 aliphatic carbocycles. The van der Waals surface area contributed by atoms with Crippen LogP contribution in [-0.2, 0) is 5.92 Å². The fourth-order valence-corrected chi connectivity index (χ4v) is 2.59. The maximum atomic E-state index is 14.6. The Kier molecular flexibility index (Phi) is 7.18. The molecule has 0 fully saturated rings. The van der Waals surface area contributed by atoms with E-state index in [9.17, 15) is 13.2 Å². The first-order valence-corrected chi connectivity index (χ1v) is 8.76. The van der Waals surface area contributed by atoms with Crippen molar-refractivity contribution in [3.8, 4) is 0 Å². The Morgan fingerprint density at radius 3 is 2.39 bits per heavy atom. The molecule has 0 radical (unpaired) electrons. The Balaban J connectivity index is 3.06. The highest BCUT2D eigenvalue weighted by molar-refractivity contribution is 7.99. The lowest BCUT2D eigenvalue weighted by Gasteiger charge is -2.19. The molecule has 0 aliphatic rings. The third kappa shape index (κ3) is 6.21. The molecule has 0 atom stereocenters. The van der Waals surface area contributed by atoms with Gasteiger partial charge in [0.25, 0.3) is 5.92 Å². The molecule has 1 aromatic rings. The van der Waals surface area contributed by atoms with E-state index in [0.717, 1.165) is 12.8 Å². The maximum absolute atomic E-state index is 14.6. The van der Waals surface area contributed by atoms with Gasteiger partial charge in [-0.1, -0.05) is 38.0 Å². The van der Waals surface area contributed by atoms with Crippen molar-refractivity contribution in [2.24, 2.45) is 4.40 Å². The van der Waals surface area contributed by atoms with Crippen LogP contribution in [0.25, 0.3) is 0 Å². The predicted molar refractivity (Wildman–Crippen MR) is 94.0 cm³/mol. The summed E-state index contributed by atoms with van der Waals surface area (Å²) >= 11 is 1.31. The Morgan fingerprint density at radius 1 is 1.17 bits per heavy atom. The van der Waals surface area contributed by atoms with Gasteiger partial charge in [0.1, 0.15) is 5.82 Å². The van der Waals surface area contributed by atoms with Gasteiger partial charge in [0.2, 0.25) is 0 Å². The minimum Gasteiger partial charge on any atom is -0.220 e. The molecule has 0 N–H and O–H groups in total. The second kappa shape index (κ2) is 8.22. The summed E-state index contributed by atoms with van der Waals surface area (Å²) in [5, 5.41) is 0. The standard InChI is InChI=1S/C18H26F3NS/c1-6-7-8-12-18(20,21)15-11-9-10-14(16(15)19)13(2)22-23-17(3,4)5/h9-11H,6-8,12H2,1-5H3. The topological polar surface area (TPSA) is 12.4 Å². The zero-order valence-corrected chi connectivity index (χ0v) is 15.4. The lowest BCUT2D eigenvalue weighted by molar-refractivity contribution is -0.0190. The van der Waals surface area contributed by atoms with Crippen LogP contribution in [0.2, 0.25) is 0 Å². The summed E-state index contributed by atoms with van der Waals surface area (Å²) in [4.78, 5) is 0. The molecule has 5 heteroatoms. The van der Waals surface area contributed by atoms with Crippen LogP contribution in [0.15, 0.2) is 22.6 Å². The molecular weight excluding hydrogens is 319 g/mol. The van der Waals surface area contributed by atoms with Gasteiger partial charge < -0.3 is 0 Å².